The van der Waals surface area contributed by atoms with Crippen molar-refractivity contribution in [2.24, 2.45) is 50.7 Å². The van der Waals surface area contributed by atoms with Gasteiger partial charge in [-0.05, 0) is 103 Å². The zero-order valence-electron chi connectivity index (χ0n) is 23.3. The molecule has 0 radical (unpaired) electrons. The summed E-state index contributed by atoms with van der Waals surface area (Å²) in [5, 5.41) is 23.2. The third-order valence-electron chi connectivity index (χ3n) is 14.4. The first kappa shape index (κ1) is 24.4. The second kappa shape index (κ2) is 7.30. The number of nitrogens with zero attached hydrogens (tertiary/aromatic N) is 1. The van der Waals surface area contributed by atoms with Gasteiger partial charge in [-0.15, -0.1) is 0 Å². The van der Waals surface area contributed by atoms with Crippen LogP contribution in [0.2, 0.25) is 0 Å². The summed E-state index contributed by atoms with van der Waals surface area (Å²) in [6.07, 6.45) is 10.2. The molecule has 36 heavy (non-hydrogen) atoms. The number of likely N-dealkylation sites (tertiary alicyclic amines) is 1. The van der Waals surface area contributed by atoms with Crippen LogP contribution in [-0.2, 0) is 9.53 Å². The number of hydrogen-bond acceptors (Lipinski definition) is 4. The smallest absolute Gasteiger partial charge is 0.222 e. The molecule has 5 heteroatoms. The van der Waals surface area contributed by atoms with Crippen molar-refractivity contribution in [2.45, 2.75) is 123 Å². The van der Waals surface area contributed by atoms with Gasteiger partial charge in [0, 0.05) is 24.9 Å². The highest BCUT2D eigenvalue weighted by Crippen LogP contribution is 2.89. The summed E-state index contributed by atoms with van der Waals surface area (Å²) in [7, 11) is 0. The Kier molecular flexibility index (Phi) is 4.95. The maximum Gasteiger partial charge on any atom is 0.222 e. The zero-order valence-corrected chi connectivity index (χ0v) is 23.3. The van der Waals surface area contributed by atoms with Crippen molar-refractivity contribution in [1.29, 1.82) is 0 Å². The zero-order chi connectivity index (χ0) is 25.5. The molecule has 5 nitrogen and oxygen atoms in total. The molecule has 2 N–H and O–H groups in total. The minimum Gasteiger partial charge on any atom is -0.393 e. The van der Waals surface area contributed by atoms with Crippen molar-refractivity contribution in [3.8, 4) is 0 Å². The van der Waals surface area contributed by atoms with Gasteiger partial charge in [0.05, 0.1) is 24.4 Å². The van der Waals surface area contributed by atoms with Gasteiger partial charge in [-0.1, -0.05) is 34.6 Å². The molecule has 5 saturated carbocycles. The van der Waals surface area contributed by atoms with Crippen molar-refractivity contribution in [3.63, 3.8) is 0 Å². The first-order valence-electron chi connectivity index (χ1n) is 15.2. The van der Waals surface area contributed by atoms with Crippen LogP contribution in [0.3, 0.4) is 0 Å². The molecule has 2 aliphatic heterocycles. The third-order valence-corrected chi connectivity index (χ3v) is 14.4. The first-order chi connectivity index (χ1) is 16.9. The summed E-state index contributed by atoms with van der Waals surface area (Å²) in [5.74, 6) is 2.30. The molecule has 5 aliphatic carbocycles. The standard InChI is InChI=1S/C31H49NO4/c1-18-15-19(16-32-14-6-7-23(32)34)36-25-24(18)28(4)12-13-31-17-30(31)11-10-22(33)27(2,3)20(30)8-9-21(31)29(28,5)26(25)35/h18-22,24-26,33,35H,6-17H2,1-5H3. The van der Waals surface area contributed by atoms with Crippen LogP contribution < -0.4 is 0 Å². The molecule has 2 saturated heterocycles. The van der Waals surface area contributed by atoms with Crippen LogP contribution in [0, 0.1) is 50.7 Å². The molecule has 202 valence electrons. The van der Waals surface area contributed by atoms with E-state index < -0.39 is 6.10 Å². The van der Waals surface area contributed by atoms with Crippen molar-refractivity contribution in [3.05, 3.63) is 0 Å². The predicted molar refractivity (Wildman–Crippen MR) is 138 cm³/mol. The van der Waals surface area contributed by atoms with Crippen LogP contribution in [0.15, 0.2) is 0 Å². The maximum absolute atomic E-state index is 12.3. The van der Waals surface area contributed by atoms with Crippen LogP contribution in [0.25, 0.3) is 0 Å². The molecule has 1 amide bonds. The highest BCUT2D eigenvalue weighted by atomic mass is 16.5. The number of rotatable bonds is 2. The topological polar surface area (TPSA) is 70.0 Å². The molecule has 12 atom stereocenters. The van der Waals surface area contributed by atoms with Crippen molar-refractivity contribution in [1.82, 2.24) is 4.90 Å². The van der Waals surface area contributed by atoms with Gasteiger partial charge in [-0.2, -0.15) is 0 Å². The molecular formula is C31H49NO4. The number of hydrogen-bond donors (Lipinski definition) is 2. The maximum atomic E-state index is 12.3. The van der Waals surface area contributed by atoms with Gasteiger partial charge in [-0.3, -0.25) is 4.79 Å². The third kappa shape index (κ3) is 2.62. The monoisotopic (exact) mass is 499 g/mol. The fraction of sp³-hybridized carbons (Fsp3) is 0.968. The molecule has 0 bridgehead atoms. The van der Waals surface area contributed by atoms with Crippen LogP contribution in [0.5, 0.6) is 0 Å². The Morgan fingerprint density at radius 3 is 2.44 bits per heavy atom. The predicted octanol–water partition coefficient (Wildman–Crippen LogP) is 4.78. The quantitative estimate of drug-likeness (QED) is 0.574. The lowest BCUT2D eigenvalue weighted by Gasteiger charge is -2.63. The molecular weight excluding hydrogens is 450 g/mol. The number of aliphatic hydroxyl groups excluding tert-OH is 2. The average Bonchev–Trinajstić information content (AvgIpc) is 3.27. The summed E-state index contributed by atoms with van der Waals surface area (Å²) >= 11 is 0. The van der Waals surface area contributed by atoms with E-state index in [1.165, 1.54) is 38.5 Å². The lowest BCUT2D eigenvalue weighted by molar-refractivity contribution is -0.182. The van der Waals surface area contributed by atoms with Crippen LogP contribution in [0.4, 0.5) is 0 Å². The lowest BCUT2D eigenvalue weighted by atomic mass is 9.41. The van der Waals surface area contributed by atoms with Crippen molar-refractivity contribution in [2.75, 3.05) is 13.1 Å². The highest BCUT2D eigenvalue weighted by Gasteiger charge is 2.84. The molecule has 0 aromatic rings. The van der Waals surface area contributed by atoms with Gasteiger partial charge in [0.15, 0.2) is 0 Å². The minimum atomic E-state index is -0.439. The number of carbonyl (C=O) groups excluding carboxylic acids is 1. The first-order valence-corrected chi connectivity index (χ1v) is 15.2. The number of aliphatic hydroxyl groups is 2. The Bertz CT molecular complexity index is 966. The van der Waals surface area contributed by atoms with Gasteiger partial charge < -0.3 is 19.8 Å². The normalized spacial score (nSPS) is 59.0. The fourth-order valence-electron chi connectivity index (χ4n) is 12.7. The van der Waals surface area contributed by atoms with E-state index in [4.69, 9.17) is 4.74 Å². The molecule has 12 unspecified atom stereocenters. The number of carbonyl (C=O) groups is 1. The SMILES string of the molecule is CC1CC(CN2CCCC2=O)OC2C1C1(C)CCC34CC35CCC(O)C(C)(C)C5CCC4C1(C)C2O. The lowest BCUT2D eigenvalue weighted by Crippen LogP contribution is -2.59. The van der Waals surface area contributed by atoms with Gasteiger partial charge in [0.1, 0.15) is 0 Å². The van der Waals surface area contributed by atoms with Crippen LogP contribution in [0.1, 0.15) is 98.8 Å². The van der Waals surface area contributed by atoms with E-state index in [0.29, 0.717) is 47.5 Å². The molecule has 7 fully saturated rings. The molecule has 0 aromatic heterocycles. The summed E-state index contributed by atoms with van der Waals surface area (Å²) in [5.41, 5.74) is 0.666. The molecule has 2 spiro atoms. The van der Waals surface area contributed by atoms with E-state index in [2.05, 4.69) is 34.6 Å². The number of amides is 1. The summed E-state index contributed by atoms with van der Waals surface area (Å²) in [6, 6.07) is 0. The van der Waals surface area contributed by atoms with Crippen LogP contribution >= 0.6 is 0 Å². The second-order valence-corrected chi connectivity index (χ2v) is 15.6. The van der Waals surface area contributed by atoms with Crippen LogP contribution in [-0.4, -0.2) is 58.5 Å². The van der Waals surface area contributed by atoms with Gasteiger partial charge in [0.2, 0.25) is 5.91 Å². The number of ether oxygens (including phenoxy) is 1. The van der Waals surface area contributed by atoms with Gasteiger partial charge in [-0.25, -0.2) is 0 Å². The number of fused-ring (bicyclic) bond motifs is 4. The average molecular weight is 500 g/mol. The molecule has 7 aliphatic rings. The van der Waals surface area contributed by atoms with E-state index in [-0.39, 0.29) is 40.5 Å². The summed E-state index contributed by atoms with van der Waals surface area (Å²) < 4.78 is 6.83. The van der Waals surface area contributed by atoms with Crippen molar-refractivity contribution >= 4 is 5.91 Å². The fourth-order valence-corrected chi connectivity index (χ4v) is 12.7. The molecule has 2 heterocycles. The van der Waals surface area contributed by atoms with Gasteiger partial charge in [0.25, 0.3) is 0 Å². The Balaban J connectivity index is 1.20. The van der Waals surface area contributed by atoms with E-state index >= 15 is 0 Å². The van der Waals surface area contributed by atoms with Gasteiger partial charge >= 0.3 is 0 Å². The Hall–Kier alpha value is -0.650. The van der Waals surface area contributed by atoms with E-state index in [1.54, 1.807) is 0 Å². The largest absolute Gasteiger partial charge is 0.393 e. The van der Waals surface area contributed by atoms with E-state index in [0.717, 1.165) is 25.8 Å². The van der Waals surface area contributed by atoms with Crippen molar-refractivity contribution < 1.29 is 19.7 Å². The second-order valence-electron chi connectivity index (χ2n) is 15.6. The summed E-state index contributed by atoms with van der Waals surface area (Å²) in [4.78, 5) is 14.3. The molecule has 7 rings (SSSR count). The Morgan fingerprint density at radius 1 is 1.00 bits per heavy atom. The van der Waals surface area contributed by atoms with E-state index in [1.807, 2.05) is 4.90 Å². The Morgan fingerprint density at radius 2 is 1.72 bits per heavy atom. The molecule has 0 aromatic carbocycles. The van der Waals surface area contributed by atoms with E-state index in [9.17, 15) is 15.0 Å². The highest BCUT2D eigenvalue weighted by molar-refractivity contribution is 5.78. The Labute approximate surface area is 217 Å². The minimum absolute atomic E-state index is 0.00545. The summed E-state index contributed by atoms with van der Waals surface area (Å²) in [6.45, 7) is 13.6.